The summed E-state index contributed by atoms with van der Waals surface area (Å²) in [7, 11) is -4.03. The number of nitrogens with one attached hydrogen (secondary N) is 3. The van der Waals surface area contributed by atoms with Gasteiger partial charge in [-0.2, -0.15) is 0 Å². The Balaban J connectivity index is 2.43. The van der Waals surface area contributed by atoms with Crippen LogP contribution in [0.3, 0.4) is 0 Å². The number of carbonyl (C=O) groups is 3. The zero-order chi connectivity index (χ0) is 20.6. The molecule has 0 bridgehead atoms. The van der Waals surface area contributed by atoms with E-state index < -0.39 is 34.5 Å². The van der Waals surface area contributed by atoms with Crippen LogP contribution < -0.4 is 15.4 Å². The molecule has 0 heterocycles. The fourth-order valence-corrected chi connectivity index (χ4v) is 3.95. The number of esters is 1. The molecule has 0 unspecified atom stereocenters. The van der Waals surface area contributed by atoms with Crippen molar-refractivity contribution in [3.63, 3.8) is 0 Å². The van der Waals surface area contributed by atoms with Crippen molar-refractivity contribution in [1.29, 1.82) is 0 Å². The predicted octanol–water partition coefficient (Wildman–Crippen LogP) is 1.44. The van der Waals surface area contributed by atoms with Crippen molar-refractivity contribution in [2.45, 2.75) is 31.2 Å². The van der Waals surface area contributed by atoms with Crippen molar-refractivity contribution in [2.24, 2.45) is 0 Å². The lowest BCUT2D eigenvalue weighted by atomic mass is 10.4. The second-order valence-electron chi connectivity index (χ2n) is 5.54. The van der Waals surface area contributed by atoms with Crippen LogP contribution in [-0.4, -0.2) is 45.5 Å². The van der Waals surface area contributed by atoms with E-state index in [2.05, 4.69) is 14.8 Å². The topological polar surface area (TPSA) is 131 Å². The first kappa shape index (κ1) is 23.2. The largest absolute Gasteiger partial charge is 0.456 e. The molecular formula is C15H19Cl2N3O6S. The van der Waals surface area contributed by atoms with E-state index in [1.807, 2.05) is 5.32 Å². The summed E-state index contributed by atoms with van der Waals surface area (Å²) >= 11 is 11.7. The number of imide groups is 1. The van der Waals surface area contributed by atoms with Gasteiger partial charge >= 0.3 is 12.0 Å². The lowest BCUT2D eigenvalue weighted by Crippen LogP contribution is -2.44. The molecule has 12 heteroatoms. The second-order valence-corrected chi connectivity index (χ2v) is 8.05. The Labute approximate surface area is 166 Å². The van der Waals surface area contributed by atoms with E-state index in [1.165, 1.54) is 18.2 Å². The molecule has 1 rings (SSSR count). The van der Waals surface area contributed by atoms with Gasteiger partial charge in [-0.3, -0.25) is 14.9 Å². The molecule has 1 aromatic carbocycles. The van der Waals surface area contributed by atoms with Crippen molar-refractivity contribution in [3.8, 4) is 0 Å². The number of sulfonamides is 1. The van der Waals surface area contributed by atoms with Gasteiger partial charge in [0, 0.05) is 12.6 Å². The van der Waals surface area contributed by atoms with Gasteiger partial charge < -0.3 is 10.1 Å². The molecule has 0 aromatic heterocycles. The third-order valence-electron chi connectivity index (χ3n) is 2.85. The van der Waals surface area contributed by atoms with Gasteiger partial charge in [0.2, 0.25) is 10.0 Å². The Morgan fingerprint density at radius 3 is 2.30 bits per heavy atom. The first-order chi connectivity index (χ1) is 12.5. The molecule has 0 saturated heterocycles. The van der Waals surface area contributed by atoms with E-state index in [4.69, 9.17) is 23.2 Å². The van der Waals surface area contributed by atoms with Gasteiger partial charge in [0.05, 0.1) is 16.5 Å². The molecular weight excluding hydrogens is 421 g/mol. The van der Waals surface area contributed by atoms with Crippen LogP contribution in [0.15, 0.2) is 23.1 Å². The minimum absolute atomic E-state index is 0.0612. The highest BCUT2D eigenvalue weighted by Gasteiger charge is 2.21. The van der Waals surface area contributed by atoms with Crippen LogP contribution in [0.4, 0.5) is 4.79 Å². The highest BCUT2D eigenvalue weighted by molar-refractivity contribution is 7.89. The van der Waals surface area contributed by atoms with Gasteiger partial charge in [-0.15, -0.1) is 0 Å². The summed E-state index contributed by atoms with van der Waals surface area (Å²) in [4.78, 5) is 34.0. The summed E-state index contributed by atoms with van der Waals surface area (Å²) in [6, 6.07) is 3.35. The van der Waals surface area contributed by atoms with Crippen LogP contribution in [0.5, 0.6) is 0 Å². The normalized spacial score (nSPS) is 11.1. The molecule has 3 N–H and O–H groups in total. The Morgan fingerprint density at radius 1 is 1.15 bits per heavy atom. The lowest BCUT2D eigenvalue weighted by molar-refractivity contribution is -0.148. The van der Waals surface area contributed by atoms with Crippen LogP contribution >= 0.6 is 23.2 Å². The fraction of sp³-hybridized carbons (Fsp3) is 0.400. The van der Waals surface area contributed by atoms with Gasteiger partial charge in [-0.1, -0.05) is 29.3 Å². The minimum atomic E-state index is -4.03. The number of halogens is 2. The fourth-order valence-electron chi connectivity index (χ4n) is 1.78. The van der Waals surface area contributed by atoms with Gasteiger partial charge in [0.15, 0.2) is 6.61 Å². The van der Waals surface area contributed by atoms with Crippen molar-refractivity contribution in [1.82, 2.24) is 15.4 Å². The first-order valence-electron chi connectivity index (χ1n) is 7.72. The number of rotatable bonds is 8. The maximum atomic E-state index is 12.2. The van der Waals surface area contributed by atoms with Crippen molar-refractivity contribution < 1.29 is 27.5 Å². The first-order valence-corrected chi connectivity index (χ1v) is 9.96. The van der Waals surface area contributed by atoms with E-state index in [-0.39, 0.29) is 33.9 Å². The maximum Gasteiger partial charge on any atom is 0.321 e. The number of urea groups is 1. The van der Waals surface area contributed by atoms with E-state index in [9.17, 15) is 22.8 Å². The zero-order valence-corrected chi connectivity index (χ0v) is 16.9. The Kier molecular flexibility index (Phi) is 8.97. The zero-order valence-electron chi connectivity index (χ0n) is 14.5. The molecule has 1 aromatic rings. The molecule has 0 fully saturated rings. The average molecular weight is 440 g/mol. The van der Waals surface area contributed by atoms with E-state index >= 15 is 0 Å². The maximum absolute atomic E-state index is 12.2. The molecule has 9 nitrogen and oxygen atoms in total. The third-order valence-corrected chi connectivity index (χ3v) is 5.26. The summed E-state index contributed by atoms with van der Waals surface area (Å²) in [6.45, 7) is 2.45. The molecule has 0 aliphatic rings. The Bertz CT molecular complexity index is 794. The van der Waals surface area contributed by atoms with Crippen LogP contribution in [0.2, 0.25) is 10.0 Å². The molecule has 150 valence electrons. The number of hydrogen-bond donors (Lipinski definition) is 3. The third kappa shape index (κ3) is 8.12. The van der Waals surface area contributed by atoms with Gasteiger partial charge in [0.25, 0.3) is 5.91 Å². The highest BCUT2D eigenvalue weighted by Crippen LogP contribution is 2.28. The number of hydrogen-bond acceptors (Lipinski definition) is 6. The Hall–Kier alpha value is -1.88. The van der Waals surface area contributed by atoms with Crippen LogP contribution in [0, 0.1) is 0 Å². The number of amides is 3. The van der Waals surface area contributed by atoms with Gasteiger partial charge in [0.1, 0.15) is 4.90 Å². The lowest BCUT2D eigenvalue weighted by Gasteiger charge is -2.10. The smallest absolute Gasteiger partial charge is 0.321 e. The van der Waals surface area contributed by atoms with E-state index in [0.717, 1.165) is 0 Å². The quantitative estimate of drug-likeness (QED) is 0.525. The second kappa shape index (κ2) is 10.5. The predicted molar refractivity (Wildman–Crippen MR) is 99.0 cm³/mol. The van der Waals surface area contributed by atoms with Crippen molar-refractivity contribution in [2.75, 3.05) is 13.2 Å². The van der Waals surface area contributed by atoms with Gasteiger partial charge in [-0.05, 0) is 26.0 Å². The number of ether oxygens (including phenoxy) is 1. The van der Waals surface area contributed by atoms with E-state index in [0.29, 0.717) is 0 Å². The summed E-state index contributed by atoms with van der Waals surface area (Å²) in [5, 5.41) is 4.28. The molecule has 0 spiro atoms. The summed E-state index contributed by atoms with van der Waals surface area (Å²) in [5.41, 5.74) is 0. The number of carbonyl (C=O) groups excluding carboxylic acids is 3. The summed E-state index contributed by atoms with van der Waals surface area (Å²) in [6.07, 6.45) is -0.341. The molecule has 0 saturated carbocycles. The highest BCUT2D eigenvalue weighted by atomic mass is 35.5. The van der Waals surface area contributed by atoms with Gasteiger partial charge in [-0.25, -0.2) is 17.9 Å². The Morgan fingerprint density at radius 2 is 1.74 bits per heavy atom. The minimum Gasteiger partial charge on any atom is -0.456 e. The summed E-state index contributed by atoms with van der Waals surface area (Å²) < 4.78 is 31.2. The average Bonchev–Trinajstić information content (AvgIpc) is 2.51. The molecule has 0 aliphatic heterocycles. The standard InChI is InChI=1S/C15H19Cl2N3O6S/c1-9(2)19-15(23)20-12(21)8-26-13(22)6-7-18-27(24,25)14-10(16)4-3-5-11(14)17/h3-5,9,18H,6-8H2,1-2H3,(H2,19,20,21,23). The van der Waals surface area contributed by atoms with Crippen LogP contribution in [-0.2, 0) is 24.3 Å². The molecule has 0 radical (unpaired) electrons. The van der Waals surface area contributed by atoms with Crippen LogP contribution in [0.1, 0.15) is 20.3 Å². The number of benzene rings is 1. The molecule has 0 atom stereocenters. The van der Waals surface area contributed by atoms with Crippen molar-refractivity contribution >= 4 is 51.1 Å². The molecule has 27 heavy (non-hydrogen) atoms. The summed E-state index contributed by atoms with van der Waals surface area (Å²) in [5.74, 6) is -1.65. The molecule has 0 aliphatic carbocycles. The van der Waals surface area contributed by atoms with Crippen LogP contribution in [0.25, 0.3) is 0 Å². The SMILES string of the molecule is CC(C)NC(=O)NC(=O)COC(=O)CCNS(=O)(=O)c1c(Cl)cccc1Cl. The molecule has 3 amide bonds. The van der Waals surface area contributed by atoms with Crippen molar-refractivity contribution in [3.05, 3.63) is 28.2 Å². The van der Waals surface area contributed by atoms with E-state index in [1.54, 1.807) is 13.8 Å². The monoisotopic (exact) mass is 439 g/mol.